The highest BCUT2D eigenvalue weighted by Gasteiger charge is 2.23. The molecule has 0 amide bonds. The summed E-state index contributed by atoms with van der Waals surface area (Å²) in [6, 6.07) is 10.5. The van der Waals surface area contributed by atoms with Gasteiger partial charge in [0, 0.05) is 17.9 Å². The summed E-state index contributed by atoms with van der Waals surface area (Å²) < 4.78 is 26.3. The van der Waals surface area contributed by atoms with E-state index in [2.05, 4.69) is 22.6 Å². The first-order valence-corrected chi connectivity index (χ1v) is 10.1. The minimum absolute atomic E-state index is 0.244. The summed E-state index contributed by atoms with van der Waals surface area (Å²) in [5, 5.41) is 6.78. The van der Waals surface area contributed by atoms with Crippen LogP contribution in [0.1, 0.15) is 35.4 Å². The Hall–Kier alpha value is -2.25. The molecular formula is C20H22FN3O2S. The molecule has 142 valence electrons. The molecular weight excluding hydrogens is 365 g/mol. The van der Waals surface area contributed by atoms with E-state index in [4.69, 9.17) is 14.5 Å². The quantitative estimate of drug-likeness (QED) is 0.581. The number of thiophene rings is 1. The van der Waals surface area contributed by atoms with E-state index in [1.165, 1.54) is 17.0 Å². The maximum Gasteiger partial charge on any atom is 0.188 e. The zero-order valence-electron chi connectivity index (χ0n) is 15.0. The van der Waals surface area contributed by atoms with E-state index in [9.17, 15) is 4.39 Å². The summed E-state index contributed by atoms with van der Waals surface area (Å²) in [5.74, 6) is 1.97. The lowest BCUT2D eigenvalue weighted by molar-refractivity contribution is 0.183. The Balaban J connectivity index is 1.42. The molecule has 0 N–H and O–H groups in total. The molecule has 0 spiro atoms. The maximum absolute atomic E-state index is 13.0. The molecule has 1 aromatic carbocycles. The van der Waals surface area contributed by atoms with Crippen LogP contribution in [0.5, 0.6) is 5.75 Å². The first-order chi connectivity index (χ1) is 13.3. The molecule has 0 radical (unpaired) electrons. The van der Waals surface area contributed by atoms with E-state index >= 15 is 0 Å². The van der Waals surface area contributed by atoms with Gasteiger partial charge < -0.3 is 9.47 Å². The lowest BCUT2D eigenvalue weighted by Crippen LogP contribution is -2.14. The Labute approximate surface area is 161 Å². The number of hydrogen-bond donors (Lipinski definition) is 0. The largest absolute Gasteiger partial charge is 0.486 e. The molecule has 1 atom stereocenters. The normalized spacial score (nSPS) is 16.7. The van der Waals surface area contributed by atoms with Crippen LogP contribution in [-0.4, -0.2) is 28.0 Å². The van der Waals surface area contributed by atoms with E-state index in [1.54, 1.807) is 23.5 Å². The average Bonchev–Trinajstić information content (AvgIpc) is 3.43. The Bertz CT molecular complexity index is 843. The Kier molecular flexibility index (Phi) is 5.79. The highest BCUT2D eigenvalue weighted by atomic mass is 32.1. The molecule has 0 bridgehead atoms. The Morgan fingerprint density at radius 1 is 1.22 bits per heavy atom. The third-order valence-electron chi connectivity index (χ3n) is 4.58. The van der Waals surface area contributed by atoms with Gasteiger partial charge in [0.05, 0.1) is 12.6 Å². The van der Waals surface area contributed by atoms with Crippen molar-refractivity contribution in [2.24, 2.45) is 0 Å². The van der Waals surface area contributed by atoms with Crippen molar-refractivity contribution < 1.29 is 13.9 Å². The average molecular weight is 387 g/mol. The summed E-state index contributed by atoms with van der Waals surface area (Å²) in [4.78, 5) is 6.10. The predicted octanol–water partition coefficient (Wildman–Crippen LogP) is 4.19. The number of nitrogens with zero attached hydrogens (tertiary/aromatic N) is 3. The van der Waals surface area contributed by atoms with Crippen molar-refractivity contribution in [3.05, 3.63) is 64.1 Å². The predicted molar refractivity (Wildman–Crippen MR) is 102 cm³/mol. The molecule has 1 aliphatic heterocycles. The SMILES string of the molecule is Fc1ccc(OCc2nc(CCCc3cccs3)n(C3CCOC3)n2)cc1. The molecule has 2 aromatic heterocycles. The molecule has 1 saturated heterocycles. The van der Waals surface area contributed by atoms with Crippen LogP contribution in [0.2, 0.25) is 0 Å². The van der Waals surface area contributed by atoms with Gasteiger partial charge in [0.15, 0.2) is 5.82 Å². The van der Waals surface area contributed by atoms with Crippen molar-refractivity contribution in [3.63, 3.8) is 0 Å². The van der Waals surface area contributed by atoms with Crippen LogP contribution in [0.4, 0.5) is 4.39 Å². The van der Waals surface area contributed by atoms with Gasteiger partial charge in [-0.25, -0.2) is 14.1 Å². The number of aromatic nitrogens is 3. The molecule has 1 fully saturated rings. The fourth-order valence-electron chi connectivity index (χ4n) is 3.20. The van der Waals surface area contributed by atoms with Crippen molar-refractivity contribution in [1.82, 2.24) is 14.8 Å². The second-order valence-electron chi connectivity index (χ2n) is 6.58. The third kappa shape index (κ3) is 4.73. The molecule has 3 aromatic rings. The third-order valence-corrected chi connectivity index (χ3v) is 5.52. The van der Waals surface area contributed by atoms with E-state index in [0.717, 1.165) is 38.1 Å². The van der Waals surface area contributed by atoms with Crippen LogP contribution in [-0.2, 0) is 24.2 Å². The monoisotopic (exact) mass is 387 g/mol. The van der Waals surface area contributed by atoms with E-state index in [0.29, 0.717) is 18.2 Å². The molecule has 3 heterocycles. The molecule has 27 heavy (non-hydrogen) atoms. The number of halogens is 1. The van der Waals surface area contributed by atoms with E-state index < -0.39 is 0 Å². The van der Waals surface area contributed by atoms with Crippen molar-refractivity contribution in [1.29, 1.82) is 0 Å². The van der Waals surface area contributed by atoms with Crippen LogP contribution >= 0.6 is 11.3 Å². The summed E-state index contributed by atoms with van der Waals surface area (Å²) in [6.45, 7) is 1.71. The van der Waals surface area contributed by atoms with Crippen LogP contribution < -0.4 is 4.74 Å². The van der Waals surface area contributed by atoms with Gasteiger partial charge in [-0.3, -0.25) is 0 Å². The molecule has 5 nitrogen and oxygen atoms in total. The number of ether oxygens (including phenoxy) is 2. The first-order valence-electron chi connectivity index (χ1n) is 9.21. The fraction of sp³-hybridized carbons (Fsp3) is 0.400. The summed E-state index contributed by atoms with van der Waals surface area (Å²) in [6.07, 6.45) is 3.91. The van der Waals surface area contributed by atoms with Gasteiger partial charge >= 0.3 is 0 Å². The Morgan fingerprint density at radius 2 is 2.11 bits per heavy atom. The zero-order chi connectivity index (χ0) is 18.5. The van der Waals surface area contributed by atoms with E-state index in [-0.39, 0.29) is 18.5 Å². The van der Waals surface area contributed by atoms with Crippen LogP contribution in [0.15, 0.2) is 41.8 Å². The highest BCUT2D eigenvalue weighted by molar-refractivity contribution is 7.09. The molecule has 4 rings (SSSR count). The summed E-state index contributed by atoms with van der Waals surface area (Å²) >= 11 is 1.79. The standard InChI is InChI=1S/C20H22FN3O2S/c21-15-6-8-17(9-7-15)26-14-19-22-20(5-1-3-18-4-2-12-27-18)24(23-19)16-10-11-25-13-16/h2,4,6-9,12,16H,1,3,5,10-11,13-14H2. The molecule has 0 aliphatic carbocycles. The number of benzene rings is 1. The fourth-order valence-corrected chi connectivity index (χ4v) is 3.95. The lowest BCUT2D eigenvalue weighted by atomic mass is 10.2. The zero-order valence-corrected chi connectivity index (χ0v) is 15.8. The number of aryl methyl sites for hydroxylation is 2. The lowest BCUT2D eigenvalue weighted by Gasteiger charge is -2.11. The van der Waals surface area contributed by atoms with Gasteiger partial charge in [-0.1, -0.05) is 6.07 Å². The Morgan fingerprint density at radius 3 is 2.85 bits per heavy atom. The highest BCUT2D eigenvalue weighted by Crippen LogP contribution is 2.22. The first kappa shape index (κ1) is 18.1. The van der Waals surface area contributed by atoms with Crippen molar-refractivity contribution in [2.75, 3.05) is 13.2 Å². The summed E-state index contributed by atoms with van der Waals surface area (Å²) in [7, 11) is 0. The molecule has 1 unspecified atom stereocenters. The second kappa shape index (κ2) is 8.63. The van der Waals surface area contributed by atoms with Crippen LogP contribution in [0, 0.1) is 5.82 Å². The van der Waals surface area contributed by atoms with Gasteiger partial charge in [-0.2, -0.15) is 5.10 Å². The van der Waals surface area contributed by atoms with Gasteiger partial charge in [-0.05, 0) is 55.0 Å². The summed E-state index contributed by atoms with van der Waals surface area (Å²) in [5.41, 5.74) is 0. The van der Waals surface area contributed by atoms with E-state index in [1.807, 2.05) is 4.68 Å². The molecule has 0 saturated carbocycles. The van der Waals surface area contributed by atoms with Crippen molar-refractivity contribution in [3.8, 4) is 5.75 Å². The number of hydrogen-bond acceptors (Lipinski definition) is 5. The number of rotatable bonds is 8. The molecule has 7 heteroatoms. The van der Waals surface area contributed by atoms with Gasteiger partial charge in [-0.15, -0.1) is 11.3 Å². The molecule has 1 aliphatic rings. The van der Waals surface area contributed by atoms with Gasteiger partial charge in [0.2, 0.25) is 0 Å². The van der Waals surface area contributed by atoms with Crippen molar-refractivity contribution >= 4 is 11.3 Å². The maximum atomic E-state index is 13.0. The second-order valence-corrected chi connectivity index (χ2v) is 7.61. The van der Waals surface area contributed by atoms with Crippen LogP contribution in [0.25, 0.3) is 0 Å². The van der Waals surface area contributed by atoms with Gasteiger partial charge in [0.1, 0.15) is 24.0 Å². The van der Waals surface area contributed by atoms with Crippen molar-refractivity contribution in [2.45, 2.75) is 38.3 Å². The minimum atomic E-state index is -0.279. The smallest absolute Gasteiger partial charge is 0.188 e. The van der Waals surface area contributed by atoms with Crippen LogP contribution in [0.3, 0.4) is 0 Å². The van der Waals surface area contributed by atoms with Gasteiger partial charge in [0.25, 0.3) is 0 Å². The topological polar surface area (TPSA) is 49.2 Å². The minimum Gasteiger partial charge on any atom is -0.486 e.